The summed E-state index contributed by atoms with van der Waals surface area (Å²) in [5.41, 5.74) is 5.65. The summed E-state index contributed by atoms with van der Waals surface area (Å²) in [7, 11) is 0. The van der Waals surface area contributed by atoms with Gasteiger partial charge < -0.3 is 4.98 Å². The first-order chi connectivity index (χ1) is 11.1. The summed E-state index contributed by atoms with van der Waals surface area (Å²) in [6, 6.07) is 12.2. The Hall–Kier alpha value is -2.33. The summed E-state index contributed by atoms with van der Waals surface area (Å²) in [6.45, 7) is 3.61. The van der Waals surface area contributed by atoms with Crippen LogP contribution in [0.4, 0.5) is 0 Å². The SMILES string of the molecule is CSc1ccc(-c2[nH]c(-c3ccncc3)c(C)c2C(C)=O)cc1. The molecule has 0 aliphatic heterocycles. The lowest BCUT2D eigenvalue weighted by Gasteiger charge is -2.03. The van der Waals surface area contributed by atoms with E-state index in [1.54, 1.807) is 31.1 Å². The quantitative estimate of drug-likeness (QED) is 0.544. The zero-order chi connectivity index (χ0) is 16.4. The molecular weight excluding hydrogens is 304 g/mol. The molecule has 0 aliphatic rings. The zero-order valence-electron chi connectivity index (χ0n) is 13.4. The predicted molar refractivity (Wildman–Crippen MR) is 96.0 cm³/mol. The number of nitrogens with one attached hydrogen (secondary N) is 1. The Bertz CT molecular complexity index is 836. The smallest absolute Gasteiger partial charge is 0.162 e. The van der Waals surface area contributed by atoms with Crippen LogP contribution in [0.15, 0.2) is 53.7 Å². The van der Waals surface area contributed by atoms with E-state index in [1.165, 1.54) is 4.90 Å². The van der Waals surface area contributed by atoms with Crippen LogP contribution in [-0.4, -0.2) is 22.0 Å². The third-order valence-corrected chi connectivity index (χ3v) is 4.69. The van der Waals surface area contributed by atoms with Crippen LogP contribution < -0.4 is 0 Å². The zero-order valence-corrected chi connectivity index (χ0v) is 14.2. The number of rotatable bonds is 4. The number of ketones is 1. The number of carbonyl (C=O) groups excluding carboxylic acids is 1. The van der Waals surface area contributed by atoms with E-state index in [0.29, 0.717) is 0 Å². The monoisotopic (exact) mass is 322 g/mol. The van der Waals surface area contributed by atoms with Gasteiger partial charge in [0.15, 0.2) is 5.78 Å². The third kappa shape index (κ3) is 2.94. The number of benzene rings is 1. The number of aromatic nitrogens is 2. The van der Waals surface area contributed by atoms with Crippen molar-refractivity contribution in [3.05, 3.63) is 59.9 Å². The number of H-pyrrole nitrogens is 1. The minimum absolute atomic E-state index is 0.0722. The van der Waals surface area contributed by atoms with E-state index in [0.717, 1.165) is 33.6 Å². The molecule has 2 heterocycles. The summed E-state index contributed by atoms with van der Waals surface area (Å²) in [4.78, 5) is 20.9. The normalized spacial score (nSPS) is 10.7. The number of Topliss-reactive ketones (excluding diaryl/α,β-unsaturated/α-hetero) is 1. The van der Waals surface area contributed by atoms with Gasteiger partial charge in [0.05, 0.1) is 5.69 Å². The Kier molecular flexibility index (Phi) is 4.35. The minimum atomic E-state index is 0.0722. The van der Waals surface area contributed by atoms with Gasteiger partial charge in [0.25, 0.3) is 0 Å². The second kappa shape index (κ2) is 6.42. The average Bonchev–Trinajstić information content (AvgIpc) is 2.93. The van der Waals surface area contributed by atoms with Crippen molar-refractivity contribution >= 4 is 17.5 Å². The number of nitrogens with zero attached hydrogens (tertiary/aromatic N) is 1. The van der Waals surface area contributed by atoms with Crippen molar-refractivity contribution in [3.63, 3.8) is 0 Å². The average molecular weight is 322 g/mol. The Balaban J connectivity index is 2.18. The molecule has 0 atom stereocenters. The lowest BCUT2D eigenvalue weighted by molar-refractivity contribution is 0.101. The lowest BCUT2D eigenvalue weighted by atomic mass is 10.0. The molecule has 3 nitrogen and oxygen atoms in total. The Labute approximate surface area is 140 Å². The van der Waals surface area contributed by atoms with Crippen molar-refractivity contribution in [2.24, 2.45) is 0 Å². The maximum atomic E-state index is 12.2. The number of thioether (sulfide) groups is 1. The van der Waals surface area contributed by atoms with Crippen molar-refractivity contribution in [3.8, 4) is 22.5 Å². The van der Waals surface area contributed by atoms with Gasteiger partial charge in [-0.3, -0.25) is 9.78 Å². The largest absolute Gasteiger partial charge is 0.354 e. The van der Waals surface area contributed by atoms with Gasteiger partial charge in [-0.05, 0) is 55.5 Å². The Morgan fingerprint density at radius 2 is 1.61 bits per heavy atom. The molecule has 0 fully saturated rings. The van der Waals surface area contributed by atoms with E-state index >= 15 is 0 Å². The van der Waals surface area contributed by atoms with Gasteiger partial charge in [0.2, 0.25) is 0 Å². The van der Waals surface area contributed by atoms with E-state index in [9.17, 15) is 4.79 Å². The van der Waals surface area contributed by atoms with E-state index in [-0.39, 0.29) is 5.78 Å². The first kappa shape index (κ1) is 15.6. The molecule has 0 saturated heterocycles. The van der Waals surface area contributed by atoms with Crippen LogP contribution >= 0.6 is 11.8 Å². The van der Waals surface area contributed by atoms with Gasteiger partial charge in [-0.25, -0.2) is 0 Å². The highest BCUT2D eigenvalue weighted by atomic mass is 32.2. The molecule has 0 radical (unpaired) electrons. The molecule has 4 heteroatoms. The highest BCUT2D eigenvalue weighted by Crippen LogP contribution is 2.34. The lowest BCUT2D eigenvalue weighted by Crippen LogP contribution is -1.95. The van der Waals surface area contributed by atoms with Gasteiger partial charge in [0, 0.05) is 34.1 Å². The van der Waals surface area contributed by atoms with E-state index in [4.69, 9.17) is 0 Å². The molecule has 23 heavy (non-hydrogen) atoms. The second-order valence-corrected chi connectivity index (χ2v) is 6.28. The fraction of sp³-hybridized carbons (Fsp3) is 0.158. The fourth-order valence-electron chi connectivity index (χ4n) is 2.82. The maximum absolute atomic E-state index is 12.2. The van der Waals surface area contributed by atoms with Gasteiger partial charge >= 0.3 is 0 Å². The maximum Gasteiger partial charge on any atom is 0.162 e. The molecule has 1 N–H and O–H groups in total. The molecule has 0 unspecified atom stereocenters. The number of hydrogen-bond donors (Lipinski definition) is 1. The first-order valence-corrected chi connectivity index (χ1v) is 8.62. The molecule has 3 rings (SSSR count). The minimum Gasteiger partial charge on any atom is -0.354 e. The number of aromatic amines is 1. The fourth-order valence-corrected chi connectivity index (χ4v) is 3.22. The Morgan fingerprint density at radius 1 is 1.00 bits per heavy atom. The topological polar surface area (TPSA) is 45.8 Å². The van der Waals surface area contributed by atoms with Crippen LogP contribution in [0.5, 0.6) is 0 Å². The molecular formula is C19H18N2OS. The molecule has 0 saturated carbocycles. The summed E-state index contributed by atoms with van der Waals surface area (Å²) in [5, 5.41) is 0. The van der Waals surface area contributed by atoms with Crippen LogP contribution in [-0.2, 0) is 0 Å². The number of carbonyl (C=O) groups is 1. The van der Waals surface area contributed by atoms with Gasteiger partial charge in [-0.15, -0.1) is 11.8 Å². The van der Waals surface area contributed by atoms with Crippen LogP contribution in [0.1, 0.15) is 22.8 Å². The highest BCUT2D eigenvalue weighted by molar-refractivity contribution is 7.98. The standard InChI is InChI=1S/C19H18N2OS/c1-12-17(13(2)22)19(14-4-6-16(23-3)7-5-14)21-18(12)15-8-10-20-11-9-15/h4-11,21H,1-3H3. The van der Waals surface area contributed by atoms with Gasteiger partial charge in [-0.1, -0.05) is 12.1 Å². The molecule has 116 valence electrons. The van der Waals surface area contributed by atoms with E-state index in [2.05, 4.69) is 40.5 Å². The first-order valence-electron chi connectivity index (χ1n) is 7.40. The molecule has 2 aromatic heterocycles. The number of pyridine rings is 1. The molecule has 1 aromatic carbocycles. The van der Waals surface area contributed by atoms with Gasteiger partial charge in [-0.2, -0.15) is 0 Å². The summed E-state index contributed by atoms with van der Waals surface area (Å²) in [6.07, 6.45) is 5.57. The van der Waals surface area contributed by atoms with Gasteiger partial charge in [0.1, 0.15) is 0 Å². The molecule has 0 aliphatic carbocycles. The molecule has 0 spiro atoms. The highest BCUT2D eigenvalue weighted by Gasteiger charge is 2.19. The van der Waals surface area contributed by atoms with Crippen LogP contribution in [0.3, 0.4) is 0 Å². The molecule has 0 amide bonds. The predicted octanol–water partition coefficient (Wildman–Crippen LogP) is 4.98. The molecule has 0 bridgehead atoms. The van der Waals surface area contributed by atoms with Crippen molar-refractivity contribution < 1.29 is 4.79 Å². The Morgan fingerprint density at radius 3 is 2.17 bits per heavy atom. The summed E-state index contributed by atoms with van der Waals surface area (Å²) < 4.78 is 0. The number of hydrogen-bond acceptors (Lipinski definition) is 3. The van der Waals surface area contributed by atoms with Crippen molar-refractivity contribution in [2.75, 3.05) is 6.26 Å². The van der Waals surface area contributed by atoms with Crippen LogP contribution in [0.25, 0.3) is 22.5 Å². The van der Waals surface area contributed by atoms with Crippen molar-refractivity contribution in [2.45, 2.75) is 18.7 Å². The third-order valence-electron chi connectivity index (χ3n) is 3.95. The summed E-state index contributed by atoms with van der Waals surface area (Å²) in [5.74, 6) is 0.0722. The second-order valence-electron chi connectivity index (χ2n) is 5.40. The van der Waals surface area contributed by atoms with E-state index < -0.39 is 0 Å². The summed E-state index contributed by atoms with van der Waals surface area (Å²) >= 11 is 1.70. The molecule has 3 aromatic rings. The van der Waals surface area contributed by atoms with E-state index in [1.807, 2.05) is 19.1 Å². The van der Waals surface area contributed by atoms with Crippen LogP contribution in [0, 0.1) is 6.92 Å². The van der Waals surface area contributed by atoms with Crippen molar-refractivity contribution in [1.29, 1.82) is 0 Å². The van der Waals surface area contributed by atoms with Crippen molar-refractivity contribution in [1.82, 2.24) is 9.97 Å². The van der Waals surface area contributed by atoms with Crippen LogP contribution in [0.2, 0.25) is 0 Å².